The molecule has 1 unspecified atom stereocenters. The predicted octanol–water partition coefficient (Wildman–Crippen LogP) is 1.53. The standard InChI is InChI=1S/C18H23NO3/c1-19-8-7-18-13(5-6-16(20)17(18)21)15(19)9-11-3-4-12(22-2)10-14(11)18/h3-4,10,13,15-16,20H,5-9H2,1-2H3/t13-,15+,16?,18-/m0/s1. The van der Waals surface area contributed by atoms with E-state index in [9.17, 15) is 9.90 Å². The van der Waals surface area contributed by atoms with Gasteiger partial charge >= 0.3 is 0 Å². The van der Waals surface area contributed by atoms with Gasteiger partial charge in [0, 0.05) is 6.04 Å². The molecule has 3 aliphatic rings. The quantitative estimate of drug-likeness (QED) is 0.855. The number of carbonyl (C=O) groups is 1. The Bertz CT molecular complexity index is 629. The van der Waals surface area contributed by atoms with E-state index in [-0.39, 0.29) is 5.78 Å². The number of likely N-dealkylation sites (N-methyl/N-ethyl adjacent to an activating group) is 1. The Kier molecular flexibility index (Phi) is 3.10. The molecule has 1 aliphatic heterocycles. The number of benzene rings is 1. The third-order valence-electron chi connectivity index (χ3n) is 6.24. The number of fused-ring (bicyclic) bond motifs is 1. The lowest BCUT2D eigenvalue weighted by atomic mass is 9.51. The molecule has 2 aliphatic carbocycles. The van der Waals surface area contributed by atoms with Crippen LogP contribution in [0, 0.1) is 5.92 Å². The number of aliphatic hydroxyl groups excluding tert-OH is 1. The maximum atomic E-state index is 13.1. The summed E-state index contributed by atoms with van der Waals surface area (Å²) < 4.78 is 5.39. The van der Waals surface area contributed by atoms with Gasteiger partial charge in [-0.2, -0.15) is 0 Å². The first kappa shape index (κ1) is 14.2. The number of aliphatic hydroxyl groups is 1. The second kappa shape index (κ2) is 4.80. The van der Waals surface area contributed by atoms with E-state index < -0.39 is 11.5 Å². The van der Waals surface area contributed by atoms with Crippen molar-refractivity contribution in [1.82, 2.24) is 4.90 Å². The van der Waals surface area contributed by atoms with Crippen molar-refractivity contribution in [2.24, 2.45) is 5.92 Å². The fraction of sp³-hybridized carbons (Fsp3) is 0.611. The number of hydrogen-bond donors (Lipinski definition) is 1. The number of methoxy groups -OCH3 is 1. The van der Waals surface area contributed by atoms with Gasteiger partial charge in [0.05, 0.1) is 12.5 Å². The minimum Gasteiger partial charge on any atom is -0.497 e. The number of carbonyl (C=O) groups excluding carboxylic acids is 1. The number of nitrogens with zero attached hydrogens (tertiary/aromatic N) is 1. The Labute approximate surface area is 131 Å². The summed E-state index contributed by atoms with van der Waals surface area (Å²) in [6, 6.07) is 6.54. The van der Waals surface area contributed by atoms with Crippen LogP contribution in [0.15, 0.2) is 18.2 Å². The van der Waals surface area contributed by atoms with Gasteiger partial charge in [0.15, 0.2) is 5.78 Å². The zero-order chi connectivity index (χ0) is 15.5. The Morgan fingerprint density at radius 2 is 2.18 bits per heavy atom. The van der Waals surface area contributed by atoms with E-state index in [1.54, 1.807) is 7.11 Å². The van der Waals surface area contributed by atoms with E-state index in [0.29, 0.717) is 18.4 Å². The Hall–Kier alpha value is -1.39. The van der Waals surface area contributed by atoms with E-state index >= 15 is 0 Å². The van der Waals surface area contributed by atoms with Crippen LogP contribution in [0.4, 0.5) is 0 Å². The number of ether oxygens (including phenoxy) is 1. The molecule has 0 radical (unpaired) electrons. The normalized spacial score (nSPS) is 37.4. The van der Waals surface area contributed by atoms with Gasteiger partial charge < -0.3 is 14.7 Å². The van der Waals surface area contributed by atoms with Gasteiger partial charge in [0.25, 0.3) is 0 Å². The minimum absolute atomic E-state index is 0.0380. The number of piperidine rings is 1. The summed E-state index contributed by atoms with van der Waals surface area (Å²) in [6.07, 6.45) is 2.53. The van der Waals surface area contributed by atoms with Gasteiger partial charge in [-0.15, -0.1) is 0 Å². The molecular formula is C18H23NO3. The van der Waals surface area contributed by atoms with Crippen molar-refractivity contribution in [2.45, 2.75) is 43.2 Å². The first-order valence-corrected chi connectivity index (χ1v) is 8.18. The fourth-order valence-electron chi connectivity index (χ4n) is 5.12. The highest BCUT2D eigenvalue weighted by Gasteiger charge is 2.59. The molecule has 1 saturated carbocycles. The van der Waals surface area contributed by atoms with Crippen LogP contribution < -0.4 is 4.74 Å². The van der Waals surface area contributed by atoms with E-state index in [1.807, 2.05) is 12.1 Å². The van der Waals surface area contributed by atoms with E-state index in [2.05, 4.69) is 18.0 Å². The van der Waals surface area contributed by atoms with Crippen LogP contribution in [-0.4, -0.2) is 48.6 Å². The molecule has 2 bridgehead atoms. The Morgan fingerprint density at radius 3 is 2.95 bits per heavy atom. The van der Waals surface area contributed by atoms with Crippen molar-refractivity contribution in [1.29, 1.82) is 0 Å². The molecule has 4 atom stereocenters. The summed E-state index contributed by atoms with van der Waals surface area (Å²) in [5, 5.41) is 10.2. The molecular weight excluding hydrogens is 278 g/mol. The molecule has 118 valence electrons. The van der Waals surface area contributed by atoms with E-state index in [0.717, 1.165) is 37.1 Å². The Morgan fingerprint density at radius 1 is 1.36 bits per heavy atom. The maximum Gasteiger partial charge on any atom is 0.172 e. The van der Waals surface area contributed by atoms with E-state index in [4.69, 9.17) is 4.74 Å². The molecule has 1 saturated heterocycles. The molecule has 4 rings (SSSR count). The third-order valence-corrected chi connectivity index (χ3v) is 6.24. The maximum absolute atomic E-state index is 13.1. The summed E-state index contributed by atoms with van der Waals surface area (Å²) in [4.78, 5) is 15.5. The number of Topliss-reactive ketones (excluding diaryl/α,β-unsaturated/α-hetero) is 1. The first-order valence-electron chi connectivity index (χ1n) is 8.18. The number of hydrogen-bond acceptors (Lipinski definition) is 4. The Balaban J connectivity index is 1.94. The number of likely N-dealkylation sites (tertiary alicyclic amines) is 1. The zero-order valence-electron chi connectivity index (χ0n) is 13.2. The van der Waals surface area contributed by atoms with Crippen LogP contribution in [0.5, 0.6) is 5.75 Å². The molecule has 4 nitrogen and oxygen atoms in total. The van der Waals surface area contributed by atoms with Crippen molar-refractivity contribution < 1.29 is 14.6 Å². The molecule has 2 fully saturated rings. The van der Waals surface area contributed by atoms with Gasteiger partial charge in [-0.3, -0.25) is 4.79 Å². The molecule has 0 spiro atoms. The van der Waals surface area contributed by atoms with Crippen LogP contribution in [0.25, 0.3) is 0 Å². The van der Waals surface area contributed by atoms with Crippen LogP contribution in [-0.2, 0) is 16.6 Å². The largest absolute Gasteiger partial charge is 0.497 e. The molecule has 0 amide bonds. The highest BCUT2D eigenvalue weighted by molar-refractivity contribution is 5.96. The molecule has 1 heterocycles. The van der Waals surface area contributed by atoms with Crippen LogP contribution in [0.2, 0.25) is 0 Å². The van der Waals surface area contributed by atoms with Crippen LogP contribution >= 0.6 is 0 Å². The zero-order valence-corrected chi connectivity index (χ0v) is 13.2. The smallest absolute Gasteiger partial charge is 0.172 e. The van der Waals surface area contributed by atoms with Gasteiger partial charge in [0.1, 0.15) is 11.9 Å². The molecule has 0 aromatic heterocycles. The van der Waals surface area contributed by atoms with Crippen molar-refractivity contribution >= 4 is 5.78 Å². The van der Waals surface area contributed by atoms with Crippen LogP contribution in [0.1, 0.15) is 30.4 Å². The SMILES string of the molecule is COc1ccc2c(c1)[C@]13CCN(C)[C@H](C2)[C@@H]1CCC(O)C3=O. The molecule has 1 N–H and O–H groups in total. The van der Waals surface area contributed by atoms with Gasteiger partial charge in [-0.05, 0) is 68.5 Å². The summed E-state index contributed by atoms with van der Waals surface area (Å²) in [7, 11) is 3.83. The average Bonchev–Trinajstić information content (AvgIpc) is 2.54. The monoisotopic (exact) mass is 301 g/mol. The molecule has 4 heteroatoms. The number of rotatable bonds is 1. The van der Waals surface area contributed by atoms with Crippen molar-refractivity contribution in [3.63, 3.8) is 0 Å². The second-order valence-electron chi connectivity index (χ2n) is 7.06. The fourth-order valence-corrected chi connectivity index (χ4v) is 5.12. The molecule has 1 aromatic rings. The van der Waals surface area contributed by atoms with Crippen molar-refractivity contribution in [3.8, 4) is 5.75 Å². The van der Waals surface area contributed by atoms with Gasteiger partial charge in [-0.25, -0.2) is 0 Å². The highest BCUT2D eigenvalue weighted by atomic mass is 16.5. The number of ketones is 1. The third kappa shape index (κ3) is 1.68. The van der Waals surface area contributed by atoms with Gasteiger partial charge in [-0.1, -0.05) is 6.07 Å². The minimum atomic E-state index is -0.808. The lowest BCUT2D eigenvalue weighted by molar-refractivity contribution is -0.146. The summed E-state index contributed by atoms with van der Waals surface area (Å²) in [5.74, 6) is 1.16. The predicted molar refractivity (Wildman–Crippen MR) is 83.1 cm³/mol. The van der Waals surface area contributed by atoms with Crippen molar-refractivity contribution in [3.05, 3.63) is 29.3 Å². The summed E-state index contributed by atoms with van der Waals surface area (Å²) in [6.45, 7) is 0.913. The lowest BCUT2D eigenvalue weighted by Gasteiger charge is -2.57. The average molecular weight is 301 g/mol. The molecule has 1 aromatic carbocycles. The second-order valence-corrected chi connectivity index (χ2v) is 7.06. The lowest BCUT2D eigenvalue weighted by Crippen LogP contribution is -2.65. The van der Waals surface area contributed by atoms with Crippen LogP contribution in [0.3, 0.4) is 0 Å². The summed E-state index contributed by atoms with van der Waals surface area (Å²) >= 11 is 0. The highest BCUT2D eigenvalue weighted by Crippen LogP contribution is 2.54. The van der Waals surface area contributed by atoms with Crippen molar-refractivity contribution in [2.75, 3.05) is 20.7 Å². The van der Waals surface area contributed by atoms with Gasteiger partial charge in [0.2, 0.25) is 0 Å². The van der Waals surface area contributed by atoms with E-state index in [1.165, 1.54) is 5.56 Å². The first-order chi connectivity index (χ1) is 10.6. The summed E-state index contributed by atoms with van der Waals surface area (Å²) in [5.41, 5.74) is 1.86. The topological polar surface area (TPSA) is 49.8 Å². The molecule has 22 heavy (non-hydrogen) atoms.